The number of fused-ring (bicyclic) bond motifs is 1. The third-order valence-electron chi connectivity index (χ3n) is 5.30. The van der Waals surface area contributed by atoms with Crippen molar-refractivity contribution in [1.29, 1.82) is 0 Å². The van der Waals surface area contributed by atoms with Crippen molar-refractivity contribution < 1.29 is 14.3 Å². The molecule has 0 amide bonds. The third-order valence-corrected chi connectivity index (χ3v) is 5.30. The monoisotopic (exact) mass is 364 g/mol. The second kappa shape index (κ2) is 6.26. The fraction of sp³-hybridized carbons (Fsp3) is 0.350. The predicted molar refractivity (Wildman–Crippen MR) is 102 cm³/mol. The number of phenolic OH excluding ortho intramolecular Hbond substituents is 1. The number of aromatic nitrogens is 1. The average molecular weight is 364 g/mol. The molecule has 0 radical (unpaired) electrons. The molecule has 1 N–H and O–H groups in total. The number of nitrogens with zero attached hydrogens (tertiary/aromatic N) is 4. The molecular weight excluding hydrogens is 344 g/mol. The lowest BCUT2D eigenvalue weighted by Gasteiger charge is -2.37. The van der Waals surface area contributed by atoms with Crippen molar-refractivity contribution in [3.05, 3.63) is 35.4 Å². The number of rotatable bonds is 3. The Balaban J connectivity index is 1.52. The van der Waals surface area contributed by atoms with Gasteiger partial charge < -0.3 is 19.2 Å². The van der Waals surface area contributed by atoms with Gasteiger partial charge in [0.25, 0.3) is 0 Å². The molecule has 1 aromatic heterocycles. The molecule has 0 unspecified atom stereocenters. The Hall–Kier alpha value is -3.09. The lowest BCUT2D eigenvalue weighted by atomic mass is 9.90. The van der Waals surface area contributed by atoms with Crippen LogP contribution in [0.15, 0.2) is 38.9 Å². The smallest absolute Gasteiger partial charge is 0.341 e. The van der Waals surface area contributed by atoms with Crippen LogP contribution in [0, 0.1) is 0 Å². The third kappa shape index (κ3) is 2.70. The van der Waals surface area contributed by atoms with E-state index >= 15 is 0 Å². The van der Waals surface area contributed by atoms with E-state index in [2.05, 4.69) is 20.1 Å². The Kier molecular flexibility index (Phi) is 3.74. The molecule has 7 heteroatoms. The molecule has 2 aliphatic heterocycles. The zero-order chi connectivity index (χ0) is 18.4. The van der Waals surface area contributed by atoms with Crippen molar-refractivity contribution in [2.45, 2.75) is 25.7 Å². The number of benzene rings is 2. The first-order valence-corrected chi connectivity index (χ1v) is 9.22. The van der Waals surface area contributed by atoms with Gasteiger partial charge in [0.05, 0.1) is 7.11 Å². The Morgan fingerprint density at radius 2 is 2.00 bits per heavy atom. The lowest BCUT2D eigenvalue weighted by Crippen LogP contribution is -2.34. The molecule has 0 atom stereocenters. The number of aryl methyl sites for hydroxylation is 1. The zero-order valence-corrected chi connectivity index (χ0v) is 15.1. The van der Waals surface area contributed by atoms with E-state index < -0.39 is 0 Å². The molecule has 0 aliphatic carbocycles. The molecule has 2 aliphatic rings. The largest absolute Gasteiger partial charge is 0.505 e. The first-order chi connectivity index (χ1) is 13.2. The fourth-order valence-corrected chi connectivity index (χ4v) is 4.06. The molecule has 5 rings (SSSR count). The fourth-order valence-electron chi connectivity index (χ4n) is 4.06. The minimum absolute atomic E-state index is 0.158. The van der Waals surface area contributed by atoms with Crippen molar-refractivity contribution in [2.75, 3.05) is 25.1 Å². The molecule has 0 saturated heterocycles. The number of methoxy groups -OCH3 is 1. The van der Waals surface area contributed by atoms with Gasteiger partial charge in [-0.1, -0.05) is 5.11 Å². The Bertz CT molecular complexity index is 1060. The molecule has 27 heavy (non-hydrogen) atoms. The molecule has 0 spiro atoms. The first-order valence-electron chi connectivity index (χ1n) is 9.22. The van der Waals surface area contributed by atoms with Gasteiger partial charge >= 0.3 is 6.01 Å². The molecule has 0 bridgehead atoms. The Morgan fingerprint density at radius 3 is 2.85 bits per heavy atom. The van der Waals surface area contributed by atoms with Gasteiger partial charge in [0.15, 0.2) is 5.58 Å². The van der Waals surface area contributed by atoms with Crippen LogP contribution in [0.25, 0.3) is 11.1 Å². The topological polar surface area (TPSA) is 83.5 Å². The van der Waals surface area contributed by atoms with E-state index in [0.717, 1.165) is 44.3 Å². The number of anilines is 1. The second-order valence-corrected chi connectivity index (χ2v) is 6.95. The van der Waals surface area contributed by atoms with Gasteiger partial charge in [-0.3, -0.25) is 0 Å². The first kappa shape index (κ1) is 16.1. The normalized spacial score (nSPS) is 16.1. The molecule has 0 saturated carbocycles. The van der Waals surface area contributed by atoms with E-state index in [0.29, 0.717) is 22.5 Å². The van der Waals surface area contributed by atoms with Gasteiger partial charge in [-0.25, -0.2) is 0 Å². The summed E-state index contributed by atoms with van der Waals surface area (Å²) in [5.41, 5.74) is 5.19. The van der Waals surface area contributed by atoms with Crippen LogP contribution in [0.5, 0.6) is 11.5 Å². The van der Waals surface area contributed by atoms with E-state index in [1.54, 1.807) is 13.2 Å². The summed E-state index contributed by atoms with van der Waals surface area (Å²) < 4.78 is 10.8. The van der Waals surface area contributed by atoms with Crippen molar-refractivity contribution in [3.8, 4) is 11.5 Å². The summed E-state index contributed by atoms with van der Waals surface area (Å²) in [4.78, 5) is 6.70. The summed E-state index contributed by atoms with van der Waals surface area (Å²) in [7, 11) is 1.60. The highest BCUT2D eigenvalue weighted by molar-refractivity contribution is 5.76. The number of oxazole rings is 1. The highest BCUT2D eigenvalue weighted by Crippen LogP contribution is 2.45. The highest BCUT2D eigenvalue weighted by atomic mass is 16.5. The molecule has 3 aromatic rings. The number of aromatic hydroxyl groups is 1. The summed E-state index contributed by atoms with van der Waals surface area (Å²) in [6.45, 7) is 2.12. The van der Waals surface area contributed by atoms with Gasteiger partial charge in [-0.2, -0.15) is 4.98 Å². The van der Waals surface area contributed by atoms with Crippen LogP contribution in [0.4, 0.5) is 17.4 Å². The van der Waals surface area contributed by atoms with Crippen molar-refractivity contribution in [2.24, 2.45) is 10.2 Å². The molecule has 3 heterocycles. The van der Waals surface area contributed by atoms with Crippen molar-refractivity contribution in [3.63, 3.8) is 0 Å². The minimum Gasteiger partial charge on any atom is -0.505 e. The van der Waals surface area contributed by atoms with E-state index in [1.807, 2.05) is 18.2 Å². The van der Waals surface area contributed by atoms with Gasteiger partial charge in [-0.15, -0.1) is 5.11 Å². The summed E-state index contributed by atoms with van der Waals surface area (Å²) in [6, 6.07) is 7.49. The summed E-state index contributed by atoms with van der Waals surface area (Å²) in [5.74, 6) is 0.917. The van der Waals surface area contributed by atoms with Crippen LogP contribution in [0.2, 0.25) is 0 Å². The van der Waals surface area contributed by atoms with Crippen LogP contribution in [-0.4, -0.2) is 30.3 Å². The minimum atomic E-state index is 0.158. The molecule has 138 valence electrons. The number of hydrogen-bond acceptors (Lipinski definition) is 7. The van der Waals surface area contributed by atoms with Gasteiger partial charge in [0.2, 0.25) is 0 Å². The zero-order valence-electron chi connectivity index (χ0n) is 15.1. The van der Waals surface area contributed by atoms with Crippen LogP contribution in [0.3, 0.4) is 0 Å². The van der Waals surface area contributed by atoms with Crippen molar-refractivity contribution >= 4 is 28.5 Å². The van der Waals surface area contributed by atoms with E-state index in [1.165, 1.54) is 11.3 Å². The summed E-state index contributed by atoms with van der Waals surface area (Å²) in [5, 5.41) is 19.1. The Morgan fingerprint density at radius 1 is 1.15 bits per heavy atom. The molecule has 0 fully saturated rings. The number of azo groups is 1. The second-order valence-electron chi connectivity index (χ2n) is 6.95. The van der Waals surface area contributed by atoms with Crippen molar-refractivity contribution in [1.82, 2.24) is 4.98 Å². The van der Waals surface area contributed by atoms with Gasteiger partial charge in [0.1, 0.15) is 22.7 Å². The van der Waals surface area contributed by atoms with Crippen LogP contribution in [-0.2, 0) is 12.8 Å². The van der Waals surface area contributed by atoms with Crippen LogP contribution in [0.1, 0.15) is 24.0 Å². The number of phenols is 1. The summed E-state index contributed by atoms with van der Waals surface area (Å²) in [6.07, 6.45) is 4.05. The van der Waals surface area contributed by atoms with E-state index in [9.17, 15) is 5.11 Å². The average Bonchev–Trinajstić information content (AvgIpc) is 3.11. The maximum atomic E-state index is 10.7. The van der Waals surface area contributed by atoms with E-state index in [4.69, 9.17) is 9.15 Å². The van der Waals surface area contributed by atoms with Gasteiger partial charge in [0, 0.05) is 30.4 Å². The Labute approximate surface area is 156 Å². The highest BCUT2D eigenvalue weighted by Gasteiger charge is 2.27. The van der Waals surface area contributed by atoms with Crippen LogP contribution < -0.4 is 9.64 Å². The predicted octanol–water partition coefficient (Wildman–Crippen LogP) is 4.66. The quantitative estimate of drug-likeness (QED) is 0.684. The maximum absolute atomic E-state index is 10.7. The number of hydrogen-bond donors (Lipinski definition) is 1. The number of ether oxygens (including phenoxy) is 1. The molecular formula is C20H20N4O3. The lowest BCUT2D eigenvalue weighted by molar-refractivity contribution is 0.414. The molecule has 2 aromatic carbocycles. The SMILES string of the molecule is COc1ccc2nc(N=Nc3cc4c5c(c3O)CCCN5CCC4)oc2c1. The van der Waals surface area contributed by atoms with Gasteiger partial charge in [-0.05, 0) is 49.4 Å². The standard InChI is InChI=1S/C20H20N4O3/c1-26-13-6-7-15-17(11-13)27-20(21-15)23-22-16-10-12-4-2-8-24-9-3-5-14(18(12)24)19(16)25/h6-7,10-11,25H,2-5,8-9H2,1H3. The summed E-state index contributed by atoms with van der Waals surface area (Å²) >= 11 is 0. The van der Waals surface area contributed by atoms with Crippen LogP contribution >= 0.6 is 0 Å². The van der Waals surface area contributed by atoms with E-state index in [-0.39, 0.29) is 11.8 Å². The maximum Gasteiger partial charge on any atom is 0.341 e. The molecule has 7 nitrogen and oxygen atoms in total.